The highest BCUT2D eigenvalue weighted by atomic mass is 19.4. The number of alkyl halides is 3. The van der Waals surface area contributed by atoms with Gasteiger partial charge in [-0.2, -0.15) is 18.2 Å². The van der Waals surface area contributed by atoms with Gasteiger partial charge in [-0.3, -0.25) is 0 Å². The van der Waals surface area contributed by atoms with Crippen LogP contribution in [0.1, 0.15) is 38.3 Å². The minimum Gasteiger partial charge on any atom is -0.481 e. The summed E-state index contributed by atoms with van der Waals surface area (Å²) in [4.78, 5) is 14.3. The van der Waals surface area contributed by atoms with E-state index in [1.807, 2.05) is 30.1 Å². The van der Waals surface area contributed by atoms with Gasteiger partial charge in [-0.1, -0.05) is 5.16 Å². The SMILES string of the molecule is CC(Oc1ccc(C(F)(F)F)cc1)c1nc(-c2ccc3nc(N(C)C(C)C)[nH]c3c2)no1. The maximum atomic E-state index is 12.7. The summed E-state index contributed by atoms with van der Waals surface area (Å²) in [6.07, 6.45) is -5.04. The van der Waals surface area contributed by atoms with Crippen molar-refractivity contribution in [1.82, 2.24) is 20.1 Å². The number of hydrogen-bond donors (Lipinski definition) is 1. The van der Waals surface area contributed by atoms with E-state index in [0.717, 1.165) is 34.7 Å². The van der Waals surface area contributed by atoms with Crippen LogP contribution < -0.4 is 9.64 Å². The molecule has 1 N–H and O–H groups in total. The van der Waals surface area contributed by atoms with Crippen molar-refractivity contribution in [2.75, 3.05) is 11.9 Å². The molecule has 0 fully saturated rings. The number of nitrogens with zero attached hydrogens (tertiary/aromatic N) is 4. The summed E-state index contributed by atoms with van der Waals surface area (Å²) in [5.41, 5.74) is 1.65. The van der Waals surface area contributed by atoms with E-state index in [1.54, 1.807) is 6.92 Å². The largest absolute Gasteiger partial charge is 0.481 e. The molecule has 10 heteroatoms. The highest BCUT2D eigenvalue weighted by Crippen LogP contribution is 2.31. The van der Waals surface area contributed by atoms with E-state index >= 15 is 0 Å². The standard InChI is InChI=1S/C22H22F3N5O2/c1-12(2)30(4)21-26-17-10-5-14(11-18(17)27-21)19-28-20(32-29-19)13(3)31-16-8-6-15(7-9-16)22(23,24)25/h5-13H,1-4H3,(H,26,27). The number of aromatic amines is 1. The van der Waals surface area contributed by atoms with Gasteiger partial charge in [0.25, 0.3) is 5.89 Å². The predicted octanol–water partition coefficient (Wildman–Crippen LogP) is 5.62. The molecular weight excluding hydrogens is 423 g/mol. The summed E-state index contributed by atoms with van der Waals surface area (Å²) in [6, 6.07) is 10.3. The maximum Gasteiger partial charge on any atom is 0.416 e. The Labute approximate surface area is 182 Å². The molecule has 7 nitrogen and oxygen atoms in total. The lowest BCUT2D eigenvalue weighted by Crippen LogP contribution is -2.26. The Hall–Kier alpha value is -3.56. The molecule has 0 amide bonds. The maximum absolute atomic E-state index is 12.7. The molecule has 0 saturated heterocycles. The van der Waals surface area contributed by atoms with Gasteiger partial charge < -0.3 is 19.1 Å². The van der Waals surface area contributed by atoms with Gasteiger partial charge in [0, 0.05) is 18.7 Å². The number of hydrogen-bond acceptors (Lipinski definition) is 6. The van der Waals surface area contributed by atoms with E-state index in [2.05, 4.69) is 34.0 Å². The molecule has 168 valence electrons. The van der Waals surface area contributed by atoms with Crippen molar-refractivity contribution in [3.05, 3.63) is 53.9 Å². The van der Waals surface area contributed by atoms with Gasteiger partial charge in [0.15, 0.2) is 6.10 Å². The smallest absolute Gasteiger partial charge is 0.416 e. The topological polar surface area (TPSA) is 80.1 Å². The fourth-order valence-electron chi connectivity index (χ4n) is 3.04. The Bertz CT molecular complexity index is 1210. The monoisotopic (exact) mass is 445 g/mol. The van der Waals surface area contributed by atoms with Crippen LogP contribution in [0.3, 0.4) is 0 Å². The minimum absolute atomic E-state index is 0.213. The Morgan fingerprint density at radius 2 is 1.75 bits per heavy atom. The van der Waals surface area contributed by atoms with Crippen molar-refractivity contribution in [2.24, 2.45) is 0 Å². The van der Waals surface area contributed by atoms with Crippen LogP contribution in [0.25, 0.3) is 22.4 Å². The molecular formula is C22H22F3N5O2. The van der Waals surface area contributed by atoms with Gasteiger partial charge >= 0.3 is 6.18 Å². The quantitative estimate of drug-likeness (QED) is 0.415. The normalized spacial score (nSPS) is 13.0. The van der Waals surface area contributed by atoms with Gasteiger partial charge in [0.1, 0.15) is 5.75 Å². The molecule has 0 radical (unpaired) electrons. The number of H-pyrrole nitrogens is 1. The van der Waals surface area contributed by atoms with Gasteiger partial charge in [-0.25, -0.2) is 4.98 Å². The third kappa shape index (κ3) is 4.39. The highest BCUT2D eigenvalue weighted by Gasteiger charge is 2.30. The van der Waals surface area contributed by atoms with Crippen molar-refractivity contribution in [2.45, 2.75) is 39.1 Å². The molecule has 0 bridgehead atoms. The summed E-state index contributed by atoms with van der Waals surface area (Å²) in [5.74, 6) is 1.62. The zero-order chi connectivity index (χ0) is 23.0. The van der Waals surface area contributed by atoms with E-state index in [-0.39, 0.29) is 11.6 Å². The Morgan fingerprint density at radius 1 is 1.03 bits per heavy atom. The van der Waals surface area contributed by atoms with Gasteiger partial charge in [-0.05, 0) is 63.2 Å². The number of aromatic nitrogens is 4. The first-order chi connectivity index (χ1) is 15.1. The third-order valence-electron chi connectivity index (χ3n) is 5.12. The van der Waals surface area contributed by atoms with E-state index < -0.39 is 17.8 Å². The van der Waals surface area contributed by atoms with Crippen molar-refractivity contribution in [3.8, 4) is 17.1 Å². The van der Waals surface area contributed by atoms with Gasteiger partial charge in [-0.15, -0.1) is 0 Å². The lowest BCUT2D eigenvalue weighted by Gasteiger charge is -2.19. The molecule has 2 aromatic carbocycles. The minimum atomic E-state index is -4.40. The second-order valence-corrected chi connectivity index (χ2v) is 7.74. The average molecular weight is 445 g/mol. The molecule has 1 atom stereocenters. The van der Waals surface area contributed by atoms with Crippen LogP contribution in [0.5, 0.6) is 5.75 Å². The predicted molar refractivity (Wildman–Crippen MR) is 113 cm³/mol. The van der Waals surface area contributed by atoms with Gasteiger partial charge in [0.2, 0.25) is 11.8 Å². The molecule has 1 unspecified atom stereocenters. The third-order valence-corrected chi connectivity index (χ3v) is 5.12. The molecule has 0 aliphatic heterocycles. The summed E-state index contributed by atoms with van der Waals surface area (Å²) >= 11 is 0. The molecule has 0 saturated carbocycles. The van der Waals surface area contributed by atoms with Crippen LogP contribution >= 0.6 is 0 Å². The zero-order valence-electron chi connectivity index (χ0n) is 17.9. The van der Waals surface area contributed by atoms with Crippen molar-refractivity contribution >= 4 is 17.0 Å². The number of halogens is 3. The molecule has 0 aliphatic rings. The highest BCUT2D eigenvalue weighted by molar-refractivity contribution is 5.82. The van der Waals surface area contributed by atoms with Gasteiger partial charge in [0.05, 0.1) is 16.6 Å². The van der Waals surface area contributed by atoms with Crippen molar-refractivity contribution in [3.63, 3.8) is 0 Å². The summed E-state index contributed by atoms with van der Waals surface area (Å²) in [6.45, 7) is 5.84. The fraction of sp³-hybridized carbons (Fsp3) is 0.318. The van der Waals surface area contributed by atoms with Crippen LogP contribution in [0.15, 0.2) is 47.0 Å². The van der Waals surface area contributed by atoms with Crippen LogP contribution in [0.4, 0.5) is 19.1 Å². The molecule has 0 spiro atoms. The first-order valence-electron chi connectivity index (χ1n) is 10.0. The van der Waals surface area contributed by atoms with Crippen LogP contribution in [0, 0.1) is 0 Å². The molecule has 2 aromatic heterocycles. The average Bonchev–Trinajstić information content (AvgIpc) is 3.39. The summed E-state index contributed by atoms with van der Waals surface area (Å²) in [5, 5.41) is 4.01. The zero-order valence-corrected chi connectivity index (χ0v) is 17.9. The van der Waals surface area contributed by atoms with Crippen molar-refractivity contribution < 1.29 is 22.4 Å². The number of anilines is 1. The molecule has 32 heavy (non-hydrogen) atoms. The van der Waals surface area contributed by atoms with Crippen LogP contribution in [-0.2, 0) is 6.18 Å². The lowest BCUT2D eigenvalue weighted by molar-refractivity contribution is -0.137. The Kier molecular flexibility index (Phi) is 5.53. The molecule has 4 rings (SSSR count). The molecule has 2 heterocycles. The van der Waals surface area contributed by atoms with E-state index in [9.17, 15) is 13.2 Å². The number of ether oxygens (including phenoxy) is 1. The van der Waals surface area contributed by atoms with E-state index in [1.165, 1.54) is 12.1 Å². The second kappa shape index (κ2) is 8.18. The summed E-state index contributed by atoms with van der Waals surface area (Å²) in [7, 11) is 1.97. The number of benzene rings is 2. The Balaban J connectivity index is 1.51. The second-order valence-electron chi connectivity index (χ2n) is 7.74. The van der Waals surface area contributed by atoms with E-state index in [0.29, 0.717) is 11.9 Å². The first kappa shape index (κ1) is 21.7. The molecule has 4 aromatic rings. The number of rotatable bonds is 6. The van der Waals surface area contributed by atoms with Crippen LogP contribution in [-0.4, -0.2) is 33.2 Å². The number of fused-ring (bicyclic) bond motifs is 1. The fourth-order valence-corrected chi connectivity index (χ4v) is 3.04. The van der Waals surface area contributed by atoms with Crippen molar-refractivity contribution in [1.29, 1.82) is 0 Å². The summed E-state index contributed by atoms with van der Waals surface area (Å²) < 4.78 is 49.1. The first-order valence-corrected chi connectivity index (χ1v) is 10.0. The number of nitrogens with one attached hydrogen (secondary N) is 1. The molecule has 0 aliphatic carbocycles. The van der Waals surface area contributed by atoms with Crippen LogP contribution in [0.2, 0.25) is 0 Å². The Morgan fingerprint density at radius 3 is 2.41 bits per heavy atom. The number of imidazole rings is 1. The van der Waals surface area contributed by atoms with E-state index in [4.69, 9.17) is 9.26 Å². The lowest BCUT2D eigenvalue weighted by atomic mass is 10.2.